The first kappa shape index (κ1) is 20.1. The molecule has 6 nitrogen and oxygen atoms in total. The van der Waals surface area contributed by atoms with Crippen molar-refractivity contribution in [3.63, 3.8) is 0 Å². The van der Waals surface area contributed by atoms with Crippen LogP contribution >= 0.6 is 0 Å². The number of amides is 1. The number of carbonyl (C=O) groups is 1. The largest absolute Gasteiger partial charge is 0.434 e. The molecule has 3 fully saturated rings. The Kier molecular flexibility index (Phi) is 4.27. The highest BCUT2D eigenvalue weighted by Crippen LogP contribution is 2.54. The van der Waals surface area contributed by atoms with E-state index in [1.807, 2.05) is 53.1 Å². The number of aryl methyl sites for hydroxylation is 1. The molecule has 33 heavy (non-hydrogen) atoms. The van der Waals surface area contributed by atoms with Crippen molar-refractivity contribution in [2.45, 2.75) is 50.1 Å². The lowest BCUT2D eigenvalue weighted by atomic mass is 9.97. The zero-order valence-corrected chi connectivity index (χ0v) is 17.7. The number of aromatic nitrogens is 3. The molecule has 6 rings (SSSR count). The number of benzene rings is 1. The minimum atomic E-state index is -4.51. The van der Waals surface area contributed by atoms with E-state index < -0.39 is 11.9 Å². The van der Waals surface area contributed by atoms with Gasteiger partial charge in [0.1, 0.15) is 5.82 Å². The standard InChI is InChI=1S/C24H20F3N5O/c1-13-5-4-6-14(20(13)15-7-2-3-10-28-15)23(33)31-16-8-9-17(31)22-21(16)32(22)19-12-29-18(11-30-19)24(25,26)27/h2-7,10-12,16-17,21-22H,8-9H2,1H3. The number of hydrogen-bond acceptors (Lipinski definition) is 5. The number of halogens is 3. The number of nitrogens with zero attached hydrogens (tertiary/aromatic N) is 5. The molecule has 2 bridgehead atoms. The van der Waals surface area contributed by atoms with Crippen LogP contribution < -0.4 is 4.90 Å². The maximum Gasteiger partial charge on any atom is 0.434 e. The molecule has 0 N–H and O–H groups in total. The molecule has 1 aromatic carbocycles. The Bertz CT molecular complexity index is 1210. The highest BCUT2D eigenvalue weighted by molar-refractivity contribution is 6.02. The van der Waals surface area contributed by atoms with Crippen molar-refractivity contribution in [3.8, 4) is 11.3 Å². The van der Waals surface area contributed by atoms with Crippen molar-refractivity contribution in [2.24, 2.45) is 0 Å². The zero-order valence-electron chi connectivity index (χ0n) is 17.7. The molecule has 168 valence electrons. The highest BCUT2D eigenvalue weighted by Gasteiger charge is 2.69. The lowest BCUT2D eigenvalue weighted by Gasteiger charge is -2.29. The number of rotatable bonds is 3. The summed E-state index contributed by atoms with van der Waals surface area (Å²) in [4.78, 5) is 29.8. The summed E-state index contributed by atoms with van der Waals surface area (Å²) in [6, 6.07) is 11.5. The van der Waals surface area contributed by atoms with Crippen molar-refractivity contribution in [1.82, 2.24) is 19.9 Å². The van der Waals surface area contributed by atoms with Crippen LogP contribution in [0, 0.1) is 6.92 Å². The number of alkyl halides is 3. The maximum atomic E-state index is 13.7. The van der Waals surface area contributed by atoms with Crippen LogP contribution in [0.1, 0.15) is 34.5 Å². The van der Waals surface area contributed by atoms with Gasteiger partial charge in [0.2, 0.25) is 0 Å². The first-order valence-corrected chi connectivity index (χ1v) is 10.9. The molecule has 3 aromatic rings. The van der Waals surface area contributed by atoms with E-state index in [1.54, 1.807) is 6.20 Å². The van der Waals surface area contributed by atoms with Gasteiger partial charge < -0.3 is 9.80 Å². The van der Waals surface area contributed by atoms with E-state index in [2.05, 4.69) is 15.0 Å². The number of pyridine rings is 1. The normalized spacial score (nSPS) is 25.3. The van der Waals surface area contributed by atoms with Crippen molar-refractivity contribution < 1.29 is 18.0 Å². The summed E-state index contributed by atoms with van der Waals surface area (Å²) < 4.78 is 38.5. The second-order valence-corrected chi connectivity index (χ2v) is 8.78. The van der Waals surface area contributed by atoms with E-state index in [4.69, 9.17) is 0 Å². The molecule has 4 unspecified atom stereocenters. The third kappa shape index (κ3) is 3.02. The quantitative estimate of drug-likeness (QED) is 0.561. The van der Waals surface area contributed by atoms with Crippen molar-refractivity contribution in [3.05, 3.63) is 71.8 Å². The molecule has 2 aromatic heterocycles. The van der Waals surface area contributed by atoms with Crippen molar-refractivity contribution >= 4 is 11.7 Å². The Hall–Kier alpha value is -3.49. The number of hydrogen-bond donors (Lipinski definition) is 0. The van der Waals surface area contributed by atoms with Crippen LogP contribution in [0.15, 0.2) is 55.0 Å². The summed E-state index contributed by atoms with van der Waals surface area (Å²) in [5, 5.41) is 0. The predicted molar refractivity (Wildman–Crippen MR) is 114 cm³/mol. The van der Waals surface area contributed by atoms with Crippen LogP contribution in [0.4, 0.5) is 19.0 Å². The zero-order chi connectivity index (χ0) is 22.9. The maximum absolute atomic E-state index is 13.7. The fourth-order valence-electron chi connectivity index (χ4n) is 5.67. The number of piperazine rings is 1. The molecule has 5 heterocycles. The van der Waals surface area contributed by atoms with Gasteiger partial charge in [-0.1, -0.05) is 18.2 Å². The Balaban J connectivity index is 1.28. The lowest BCUT2D eigenvalue weighted by Crippen LogP contribution is -2.43. The van der Waals surface area contributed by atoms with Crippen LogP contribution in [-0.4, -0.2) is 49.9 Å². The molecule has 3 saturated heterocycles. The monoisotopic (exact) mass is 451 g/mol. The average Bonchev–Trinajstić information content (AvgIpc) is 3.32. The van der Waals surface area contributed by atoms with Gasteiger partial charge in [0, 0.05) is 17.3 Å². The minimum absolute atomic E-state index is 0.00804. The summed E-state index contributed by atoms with van der Waals surface area (Å²) in [7, 11) is 0. The predicted octanol–water partition coefficient (Wildman–Crippen LogP) is 4.11. The summed E-state index contributed by atoms with van der Waals surface area (Å²) in [6.45, 7) is 1.97. The van der Waals surface area contributed by atoms with Gasteiger partial charge in [-0.05, 0) is 43.5 Å². The molecule has 3 aliphatic heterocycles. The molecule has 9 heteroatoms. The van der Waals surface area contributed by atoms with Crippen LogP contribution in [0.25, 0.3) is 11.3 Å². The van der Waals surface area contributed by atoms with Crippen LogP contribution in [0.2, 0.25) is 0 Å². The van der Waals surface area contributed by atoms with E-state index in [-0.39, 0.29) is 30.1 Å². The van der Waals surface area contributed by atoms with Crippen molar-refractivity contribution in [1.29, 1.82) is 0 Å². The van der Waals surface area contributed by atoms with Gasteiger partial charge in [-0.15, -0.1) is 0 Å². The average molecular weight is 451 g/mol. The van der Waals surface area contributed by atoms with Gasteiger partial charge in [-0.2, -0.15) is 13.2 Å². The summed E-state index contributed by atoms with van der Waals surface area (Å²) in [5.74, 6) is 0.421. The van der Waals surface area contributed by atoms with Gasteiger partial charge in [0.25, 0.3) is 5.91 Å². The third-order valence-electron chi connectivity index (χ3n) is 7.02. The SMILES string of the molecule is Cc1cccc(C(=O)N2C3CCC2C2C3N2c2cnc(C(F)(F)F)cn2)c1-c1ccccn1. The highest BCUT2D eigenvalue weighted by atomic mass is 19.4. The summed E-state index contributed by atoms with van der Waals surface area (Å²) >= 11 is 0. The minimum Gasteiger partial charge on any atom is -0.341 e. The topological polar surface area (TPSA) is 62.0 Å². The van der Waals surface area contributed by atoms with Crippen LogP contribution in [0.3, 0.4) is 0 Å². The van der Waals surface area contributed by atoms with E-state index in [9.17, 15) is 18.0 Å². The first-order valence-electron chi connectivity index (χ1n) is 10.9. The van der Waals surface area contributed by atoms with E-state index in [1.165, 1.54) is 6.20 Å². The Morgan fingerprint density at radius 3 is 2.33 bits per heavy atom. The number of fused-ring (bicyclic) bond motifs is 5. The second-order valence-electron chi connectivity index (χ2n) is 8.78. The Morgan fingerprint density at radius 2 is 1.73 bits per heavy atom. The van der Waals surface area contributed by atoms with Crippen LogP contribution in [-0.2, 0) is 6.18 Å². The summed E-state index contributed by atoms with van der Waals surface area (Å²) in [5.41, 5.74) is 2.22. The lowest BCUT2D eigenvalue weighted by molar-refractivity contribution is -0.141. The van der Waals surface area contributed by atoms with E-state index >= 15 is 0 Å². The third-order valence-corrected chi connectivity index (χ3v) is 7.02. The van der Waals surface area contributed by atoms with Crippen molar-refractivity contribution in [2.75, 3.05) is 4.90 Å². The second kappa shape index (κ2) is 7.00. The molecule has 4 atom stereocenters. The molecule has 0 aliphatic carbocycles. The molecular weight excluding hydrogens is 431 g/mol. The van der Waals surface area contributed by atoms with Crippen LogP contribution in [0.5, 0.6) is 0 Å². The van der Waals surface area contributed by atoms with Gasteiger partial charge in [0.15, 0.2) is 5.69 Å². The fourth-order valence-corrected chi connectivity index (χ4v) is 5.67. The molecule has 3 aliphatic rings. The molecule has 0 radical (unpaired) electrons. The van der Waals surface area contributed by atoms with Gasteiger partial charge in [-0.25, -0.2) is 9.97 Å². The molecule has 1 amide bonds. The fraction of sp³-hybridized carbons (Fsp3) is 0.333. The Morgan fingerprint density at radius 1 is 0.970 bits per heavy atom. The Labute approximate surface area is 188 Å². The van der Waals surface area contributed by atoms with E-state index in [0.717, 1.165) is 35.9 Å². The summed E-state index contributed by atoms with van der Waals surface area (Å²) in [6.07, 6.45) is 0.904. The number of carbonyl (C=O) groups excluding carboxylic acids is 1. The van der Waals surface area contributed by atoms with Gasteiger partial charge in [-0.3, -0.25) is 9.78 Å². The molecule has 0 spiro atoms. The molecule has 0 saturated carbocycles. The smallest absolute Gasteiger partial charge is 0.341 e. The molecular formula is C24H20F3N5O. The number of anilines is 1. The van der Waals surface area contributed by atoms with E-state index in [0.29, 0.717) is 11.4 Å². The first-order chi connectivity index (χ1) is 15.9. The van der Waals surface area contributed by atoms with Gasteiger partial charge in [0.05, 0.1) is 42.3 Å². The van der Waals surface area contributed by atoms with Gasteiger partial charge >= 0.3 is 6.18 Å².